The summed E-state index contributed by atoms with van der Waals surface area (Å²) in [5.41, 5.74) is 0.429. The Balaban J connectivity index is 1.57. The van der Waals surface area contributed by atoms with E-state index in [1.165, 1.54) is 0 Å². The minimum Gasteiger partial charge on any atom is -0.494 e. The van der Waals surface area contributed by atoms with Gasteiger partial charge in [0.15, 0.2) is 0 Å². The zero-order valence-electron chi connectivity index (χ0n) is 30.1. The van der Waals surface area contributed by atoms with Gasteiger partial charge in [-0.2, -0.15) is 0 Å². The summed E-state index contributed by atoms with van der Waals surface area (Å²) in [5, 5.41) is 31.1. The summed E-state index contributed by atoms with van der Waals surface area (Å²) in [6.07, 6.45) is -1.66. The van der Waals surface area contributed by atoms with Crippen LogP contribution in [0.5, 0.6) is 5.75 Å². The number of hydrogen-bond acceptors (Lipinski definition) is 10. The second kappa shape index (κ2) is 19.7. The second-order valence-corrected chi connectivity index (χ2v) is 14.5. The lowest BCUT2D eigenvalue weighted by Gasteiger charge is -2.29. The number of hydrogen-bond donors (Lipinski definition) is 5. The van der Waals surface area contributed by atoms with Crippen molar-refractivity contribution < 1.29 is 38.7 Å². The van der Waals surface area contributed by atoms with E-state index in [0.29, 0.717) is 19.4 Å². The third kappa shape index (κ3) is 16.7. The first kappa shape index (κ1) is 40.0. The summed E-state index contributed by atoms with van der Waals surface area (Å²) < 4.78 is 22.2. The van der Waals surface area contributed by atoms with E-state index in [9.17, 15) is 19.8 Å². The van der Waals surface area contributed by atoms with Crippen LogP contribution in [0.1, 0.15) is 59.1 Å². The van der Waals surface area contributed by atoms with Crippen molar-refractivity contribution >= 4 is 12.2 Å². The third-order valence-electron chi connectivity index (χ3n) is 7.71. The summed E-state index contributed by atoms with van der Waals surface area (Å²) in [6, 6.07) is 15.8. The second-order valence-electron chi connectivity index (χ2n) is 14.5. The highest BCUT2D eigenvalue weighted by Crippen LogP contribution is 2.16. The molecule has 12 nitrogen and oxygen atoms in total. The zero-order chi connectivity index (χ0) is 35.9. The number of carbonyl (C=O) groups is 2. The zero-order valence-corrected chi connectivity index (χ0v) is 30.1. The van der Waals surface area contributed by atoms with Gasteiger partial charge in [0.25, 0.3) is 0 Å². The molecule has 0 aromatic heterocycles. The number of morpholine rings is 1. The number of aliphatic hydroxyl groups excluding tert-OH is 2. The van der Waals surface area contributed by atoms with Gasteiger partial charge in [-0.1, -0.05) is 42.5 Å². The number of carbonyl (C=O) groups excluding carboxylic acids is 2. The average molecular weight is 687 g/mol. The normalized spacial score (nSPS) is 16.6. The maximum absolute atomic E-state index is 12.7. The van der Waals surface area contributed by atoms with Crippen LogP contribution in [0.15, 0.2) is 54.6 Å². The molecule has 0 bridgehead atoms. The van der Waals surface area contributed by atoms with E-state index in [2.05, 4.69) is 20.9 Å². The Bertz CT molecular complexity index is 1240. The minimum atomic E-state index is -1.03. The molecule has 1 aliphatic heterocycles. The molecule has 1 aliphatic rings. The highest BCUT2D eigenvalue weighted by molar-refractivity contribution is 5.68. The van der Waals surface area contributed by atoms with Gasteiger partial charge < -0.3 is 45.1 Å². The largest absolute Gasteiger partial charge is 0.494 e. The maximum atomic E-state index is 12.7. The molecule has 1 fully saturated rings. The number of benzene rings is 2. The number of rotatable bonds is 17. The van der Waals surface area contributed by atoms with Crippen LogP contribution in [0, 0.1) is 0 Å². The van der Waals surface area contributed by atoms with E-state index in [4.69, 9.17) is 18.9 Å². The molecule has 5 N–H and O–H groups in total. The molecule has 0 saturated carbocycles. The highest BCUT2D eigenvalue weighted by atomic mass is 16.6. The number of ether oxygens (including phenoxy) is 4. The van der Waals surface area contributed by atoms with Gasteiger partial charge in [0, 0.05) is 32.7 Å². The van der Waals surface area contributed by atoms with Crippen molar-refractivity contribution in [1.82, 2.24) is 20.9 Å². The first-order valence-corrected chi connectivity index (χ1v) is 17.3. The Morgan fingerprint density at radius 2 is 1.27 bits per heavy atom. The monoisotopic (exact) mass is 686 g/mol. The van der Waals surface area contributed by atoms with Crippen molar-refractivity contribution in [1.29, 1.82) is 0 Å². The van der Waals surface area contributed by atoms with Crippen LogP contribution in [-0.2, 0) is 27.1 Å². The van der Waals surface area contributed by atoms with Gasteiger partial charge in [-0.05, 0) is 84.1 Å². The van der Waals surface area contributed by atoms with Crippen LogP contribution in [0.3, 0.4) is 0 Å². The molecule has 0 aliphatic carbocycles. The standard InChI is InChI=1S/C37H58N4O8/c1-36(2,3)48-34(44)39-30(23-27-11-8-7-9-12-27)32(42)25-38-26-33(43)31(40-35(45)49-37(4,5)6)24-28-13-15-29(16-14-28)47-20-10-17-41-18-21-46-22-19-41/h7-9,11-16,30-33,38,42-43H,10,17-26H2,1-6H3,(H,39,44)(H,40,45)/t30-,31+,32-,33?/m0/s1. The van der Waals surface area contributed by atoms with E-state index in [0.717, 1.165) is 56.1 Å². The minimum absolute atomic E-state index is 0.0619. The molecule has 4 atom stereocenters. The molecule has 2 aromatic rings. The Hall–Kier alpha value is -3.42. The fourth-order valence-corrected chi connectivity index (χ4v) is 5.29. The molecule has 274 valence electrons. The number of aliphatic hydroxyl groups is 2. The van der Waals surface area contributed by atoms with Crippen LogP contribution in [0.2, 0.25) is 0 Å². The Kier molecular flexibility index (Phi) is 16.1. The number of alkyl carbamates (subject to hydrolysis) is 2. The molecule has 12 heteroatoms. The predicted octanol–water partition coefficient (Wildman–Crippen LogP) is 3.67. The summed E-state index contributed by atoms with van der Waals surface area (Å²) in [6.45, 7) is 15.8. The first-order valence-electron chi connectivity index (χ1n) is 17.3. The van der Waals surface area contributed by atoms with Gasteiger partial charge in [0.1, 0.15) is 17.0 Å². The van der Waals surface area contributed by atoms with Crippen molar-refractivity contribution in [2.75, 3.05) is 52.5 Å². The van der Waals surface area contributed by atoms with Gasteiger partial charge in [-0.15, -0.1) is 0 Å². The molecule has 2 aromatic carbocycles. The Morgan fingerprint density at radius 1 is 0.776 bits per heavy atom. The van der Waals surface area contributed by atoms with Gasteiger partial charge in [-0.3, -0.25) is 4.90 Å². The maximum Gasteiger partial charge on any atom is 0.407 e. The van der Waals surface area contributed by atoms with Gasteiger partial charge >= 0.3 is 12.2 Å². The lowest BCUT2D eigenvalue weighted by atomic mass is 10.00. The van der Waals surface area contributed by atoms with Crippen LogP contribution in [0.25, 0.3) is 0 Å². The number of nitrogens with one attached hydrogen (secondary N) is 3. The SMILES string of the molecule is CC(C)(C)OC(=O)N[C@@H](Cc1ccccc1)[C@@H](O)CNCC(O)[C@@H](Cc1ccc(OCCCN2CCOCC2)cc1)NC(=O)OC(C)(C)C. The fraction of sp³-hybridized carbons (Fsp3) is 0.622. The lowest BCUT2D eigenvalue weighted by molar-refractivity contribution is 0.0358. The molecule has 3 rings (SSSR count). The van der Waals surface area contributed by atoms with Crippen LogP contribution in [0.4, 0.5) is 9.59 Å². The van der Waals surface area contributed by atoms with Crippen molar-refractivity contribution in [2.24, 2.45) is 0 Å². The lowest BCUT2D eigenvalue weighted by Crippen LogP contribution is -2.53. The van der Waals surface area contributed by atoms with Gasteiger partial charge in [0.2, 0.25) is 0 Å². The van der Waals surface area contributed by atoms with Crippen molar-refractivity contribution in [3.8, 4) is 5.75 Å². The summed E-state index contributed by atoms with van der Waals surface area (Å²) in [5.74, 6) is 0.753. The molecule has 1 heterocycles. The number of nitrogens with zero attached hydrogens (tertiary/aromatic N) is 1. The fourth-order valence-electron chi connectivity index (χ4n) is 5.29. The molecule has 49 heavy (non-hydrogen) atoms. The third-order valence-corrected chi connectivity index (χ3v) is 7.71. The van der Waals surface area contributed by atoms with Crippen LogP contribution >= 0.6 is 0 Å². The molecule has 1 unspecified atom stereocenters. The van der Waals surface area contributed by atoms with Gasteiger partial charge in [-0.25, -0.2) is 9.59 Å². The quantitative estimate of drug-likeness (QED) is 0.156. The predicted molar refractivity (Wildman–Crippen MR) is 189 cm³/mol. The molecule has 2 amide bonds. The molecular formula is C37H58N4O8. The Labute approximate surface area is 291 Å². The van der Waals surface area contributed by atoms with E-state index >= 15 is 0 Å². The van der Waals surface area contributed by atoms with E-state index in [1.807, 2.05) is 54.6 Å². The highest BCUT2D eigenvalue weighted by Gasteiger charge is 2.28. The van der Waals surface area contributed by atoms with Crippen molar-refractivity contribution in [3.05, 3.63) is 65.7 Å². The van der Waals surface area contributed by atoms with Crippen molar-refractivity contribution in [2.45, 2.75) is 96.3 Å². The van der Waals surface area contributed by atoms with Crippen LogP contribution in [-0.4, -0.2) is 115 Å². The van der Waals surface area contributed by atoms with E-state index in [-0.39, 0.29) is 13.1 Å². The molecular weight excluding hydrogens is 628 g/mol. The van der Waals surface area contributed by atoms with E-state index < -0.39 is 47.7 Å². The summed E-state index contributed by atoms with van der Waals surface area (Å²) in [7, 11) is 0. The van der Waals surface area contributed by atoms with Crippen molar-refractivity contribution in [3.63, 3.8) is 0 Å². The van der Waals surface area contributed by atoms with Crippen LogP contribution < -0.4 is 20.7 Å². The molecule has 0 radical (unpaired) electrons. The topological polar surface area (TPSA) is 151 Å². The summed E-state index contributed by atoms with van der Waals surface area (Å²) >= 11 is 0. The smallest absolute Gasteiger partial charge is 0.407 e. The molecule has 1 saturated heterocycles. The van der Waals surface area contributed by atoms with Gasteiger partial charge in [0.05, 0.1) is 44.1 Å². The summed E-state index contributed by atoms with van der Waals surface area (Å²) in [4.78, 5) is 27.7. The number of amides is 2. The molecule has 0 spiro atoms. The van der Waals surface area contributed by atoms with E-state index in [1.54, 1.807) is 41.5 Å². The average Bonchev–Trinajstić information content (AvgIpc) is 3.02. The first-order chi connectivity index (χ1) is 23.2. The Morgan fingerprint density at radius 3 is 1.76 bits per heavy atom.